The van der Waals surface area contributed by atoms with Crippen molar-refractivity contribution in [2.24, 2.45) is 0 Å². The molecule has 2 unspecified atom stereocenters. The van der Waals surface area contributed by atoms with Crippen molar-refractivity contribution in [2.45, 2.75) is 31.6 Å². The van der Waals surface area contributed by atoms with E-state index in [2.05, 4.69) is 5.32 Å². The number of ether oxygens (including phenoxy) is 2. The van der Waals surface area contributed by atoms with Crippen LogP contribution in [0.1, 0.15) is 18.4 Å². The van der Waals surface area contributed by atoms with Gasteiger partial charge in [-0.2, -0.15) is 0 Å². The van der Waals surface area contributed by atoms with Crippen molar-refractivity contribution in [3.8, 4) is 5.75 Å². The van der Waals surface area contributed by atoms with E-state index in [1.807, 2.05) is 24.3 Å². The number of carbonyl (C=O) groups is 1. The highest BCUT2D eigenvalue weighted by Gasteiger charge is 2.29. The van der Waals surface area contributed by atoms with Gasteiger partial charge in [-0.15, -0.1) is 0 Å². The lowest BCUT2D eigenvalue weighted by Gasteiger charge is -2.13. The first-order chi connectivity index (χ1) is 9.20. The maximum Gasteiger partial charge on any atom is 0.332 e. The van der Waals surface area contributed by atoms with Gasteiger partial charge in [-0.25, -0.2) is 4.79 Å². The summed E-state index contributed by atoms with van der Waals surface area (Å²) in [5.74, 6) is -0.0158. The van der Waals surface area contributed by atoms with Crippen LogP contribution in [0.5, 0.6) is 5.75 Å². The van der Waals surface area contributed by atoms with Gasteiger partial charge < -0.3 is 19.9 Å². The van der Waals surface area contributed by atoms with E-state index in [0.29, 0.717) is 19.5 Å². The van der Waals surface area contributed by atoms with Crippen LogP contribution in [0.15, 0.2) is 24.3 Å². The summed E-state index contributed by atoms with van der Waals surface area (Å²) in [4.78, 5) is 10.8. The fourth-order valence-electron chi connectivity index (χ4n) is 2.25. The molecule has 1 heterocycles. The lowest BCUT2D eigenvalue weighted by molar-refractivity contribution is -0.149. The zero-order valence-electron chi connectivity index (χ0n) is 11.0. The molecular formula is C14H19NO4. The fraction of sp³-hybridized carbons (Fsp3) is 0.500. The van der Waals surface area contributed by atoms with Crippen molar-refractivity contribution in [1.29, 1.82) is 0 Å². The van der Waals surface area contributed by atoms with Gasteiger partial charge in [0.15, 0.2) is 6.10 Å². The van der Waals surface area contributed by atoms with Gasteiger partial charge in [0, 0.05) is 18.7 Å². The molecule has 2 rings (SSSR count). The van der Waals surface area contributed by atoms with Crippen LogP contribution in [0, 0.1) is 0 Å². The van der Waals surface area contributed by atoms with Crippen molar-refractivity contribution in [3.05, 3.63) is 29.8 Å². The van der Waals surface area contributed by atoms with Gasteiger partial charge in [-0.3, -0.25) is 0 Å². The summed E-state index contributed by atoms with van der Waals surface area (Å²) < 4.78 is 10.7. The topological polar surface area (TPSA) is 67.8 Å². The number of para-hydroxylation sites is 1. The SMILES string of the molecule is COc1ccccc1CNCC1CCC(C(=O)O)O1. The Balaban J connectivity index is 1.77. The molecule has 5 nitrogen and oxygen atoms in total. The third-order valence-corrected chi connectivity index (χ3v) is 3.26. The second-order valence-electron chi connectivity index (χ2n) is 4.61. The first kappa shape index (κ1) is 13.8. The fourth-order valence-corrected chi connectivity index (χ4v) is 2.25. The van der Waals surface area contributed by atoms with Crippen molar-refractivity contribution in [3.63, 3.8) is 0 Å². The Morgan fingerprint density at radius 1 is 1.47 bits per heavy atom. The van der Waals surface area contributed by atoms with E-state index in [-0.39, 0.29) is 6.10 Å². The number of hydrogen-bond acceptors (Lipinski definition) is 4. The summed E-state index contributed by atoms with van der Waals surface area (Å²) in [6, 6.07) is 7.82. The van der Waals surface area contributed by atoms with Crippen LogP contribution in [-0.4, -0.2) is 36.9 Å². The van der Waals surface area contributed by atoms with Crippen LogP contribution >= 0.6 is 0 Å². The van der Waals surface area contributed by atoms with E-state index >= 15 is 0 Å². The molecule has 1 aromatic rings. The molecule has 0 spiro atoms. The normalized spacial score (nSPS) is 22.4. The summed E-state index contributed by atoms with van der Waals surface area (Å²) >= 11 is 0. The Hall–Kier alpha value is -1.59. The third kappa shape index (κ3) is 3.68. The van der Waals surface area contributed by atoms with E-state index in [9.17, 15) is 4.79 Å². The summed E-state index contributed by atoms with van der Waals surface area (Å²) in [5.41, 5.74) is 1.08. The summed E-state index contributed by atoms with van der Waals surface area (Å²) in [7, 11) is 1.65. The number of methoxy groups -OCH3 is 1. The van der Waals surface area contributed by atoms with Crippen LogP contribution in [0.4, 0.5) is 0 Å². The van der Waals surface area contributed by atoms with Gasteiger partial charge in [0.2, 0.25) is 0 Å². The van der Waals surface area contributed by atoms with E-state index < -0.39 is 12.1 Å². The third-order valence-electron chi connectivity index (χ3n) is 3.26. The standard InChI is InChI=1S/C14H19NO4/c1-18-12-5-3-2-4-10(12)8-15-9-11-6-7-13(19-11)14(16)17/h2-5,11,13,15H,6-9H2,1H3,(H,16,17). The Kier molecular flexibility index (Phi) is 4.76. The molecule has 5 heteroatoms. The minimum Gasteiger partial charge on any atom is -0.496 e. The number of rotatable bonds is 6. The molecule has 0 bridgehead atoms. The van der Waals surface area contributed by atoms with Gasteiger partial charge in [-0.05, 0) is 18.9 Å². The molecule has 0 aliphatic carbocycles. The van der Waals surface area contributed by atoms with Crippen molar-refractivity contribution in [2.75, 3.05) is 13.7 Å². The molecule has 1 aliphatic heterocycles. The van der Waals surface area contributed by atoms with Crippen molar-refractivity contribution < 1.29 is 19.4 Å². The lowest BCUT2D eigenvalue weighted by Crippen LogP contribution is -2.28. The van der Waals surface area contributed by atoms with Crippen molar-refractivity contribution in [1.82, 2.24) is 5.32 Å². The second kappa shape index (κ2) is 6.54. The van der Waals surface area contributed by atoms with Crippen molar-refractivity contribution >= 4 is 5.97 Å². The highest BCUT2D eigenvalue weighted by atomic mass is 16.5. The van der Waals surface area contributed by atoms with Crippen LogP contribution in [-0.2, 0) is 16.1 Å². The minimum atomic E-state index is -0.868. The Labute approximate surface area is 112 Å². The average molecular weight is 265 g/mol. The second-order valence-corrected chi connectivity index (χ2v) is 4.61. The number of benzene rings is 1. The van der Waals surface area contributed by atoms with Gasteiger partial charge in [-0.1, -0.05) is 18.2 Å². The van der Waals surface area contributed by atoms with Crippen LogP contribution in [0.3, 0.4) is 0 Å². The minimum absolute atomic E-state index is 0.0178. The smallest absolute Gasteiger partial charge is 0.332 e. The maximum atomic E-state index is 10.8. The molecule has 1 aliphatic rings. The first-order valence-corrected chi connectivity index (χ1v) is 6.41. The van der Waals surface area contributed by atoms with Crippen LogP contribution in [0.2, 0.25) is 0 Å². The molecule has 1 fully saturated rings. The number of carboxylic acid groups (broad SMARTS) is 1. The highest BCUT2D eigenvalue weighted by Crippen LogP contribution is 2.20. The number of hydrogen-bond donors (Lipinski definition) is 2. The molecule has 2 atom stereocenters. The molecular weight excluding hydrogens is 246 g/mol. The van der Waals surface area contributed by atoms with Gasteiger partial charge in [0.05, 0.1) is 13.2 Å². The molecule has 1 saturated heterocycles. The summed E-state index contributed by atoms with van der Waals surface area (Å²) in [5, 5.41) is 12.1. The van der Waals surface area contributed by atoms with Crippen LogP contribution in [0.25, 0.3) is 0 Å². The number of aliphatic carboxylic acids is 1. The Morgan fingerprint density at radius 2 is 2.26 bits per heavy atom. The maximum absolute atomic E-state index is 10.8. The lowest BCUT2D eigenvalue weighted by atomic mass is 10.2. The van der Waals surface area contributed by atoms with Gasteiger partial charge in [0.1, 0.15) is 5.75 Å². The van der Waals surface area contributed by atoms with Gasteiger partial charge >= 0.3 is 5.97 Å². The van der Waals surface area contributed by atoms with E-state index in [1.54, 1.807) is 7.11 Å². The number of carboxylic acids is 1. The zero-order chi connectivity index (χ0) is 13.7. The predicted molar refractivity (Wildman–Crippen MR) is 70.2 cm³/mol. The predicted octanol–water partition coefficient (Wildman–Crippen LogP) is 1.42. The number of nitrogens with one attached hydrogen (secondary N) is 1. The molecule has 19 heavy (non-hydrogen) atoms. The molecule has 2 N–H and O–H groups in total. The first-order valence-electron chi connectivity index (χ1n) is 6.41. The summed E-state index contributed by atoms with van der Waals surface area (Å²) in [6.07, 6.45) is 0.723. The molecule has 0 saturated carbocycles. The van der Waals surface area contributed by atoms with E-state index in [0.717, 1.165) is 17.7 Å². The zero-order valence-corrected chi connectivity index (χ0v) is 11.0. The van der Waals surface area contributed by atoms with Gasteiger partial charge in [0.25, 0.3) is 0 Å². The molecule has 104 valence electrons. The molecule has 1 aromatic carbocycles. The average Bonchev–Trinajstić information content (AvgIpc) is 2.88. The highest BCUT2D eigenvalue weighted by molar-refractivity contribution is 5.72. The van der Waals surface area contributed by atoms with E-state index in [1.165, 1.54) is 0 Å². The quantitative estimate of drug-likeness (QED) is 0.814. The van der Waals surface area contributed by atoms with Crippen LogP contribution < -0.4 is 10.1 Å². The largest absolute Gasteiger partial charge is 0.496 e. The van der Waals surface area contributed by atoms with E-state index in [4.69, 9.17) is 14.6 Å². The Morgan fingerprint density at radius 3 is 2.95 bits per heavy atom. The Bertz CT molecular complexity index is 435. The summed E-state index contributed by atoms with van der Waals surface area (Å²) in [6.45, 7) is 1.34. The monoisotopic (exact) mass is 265 g/mol. The molecule has 0 radical (unpaired) electrons. The molecule has 0 amide bonds. The molecule has 0 aromatic heterocycles.